The summed E-state index contributed by atoms with van der Waals surface area (Å²) in [5.74, 6) is 0.0159. The van der Waals surface area contributed by atoms with Gasteiger partial charge in [0.2, 0.25) is 5.91 Å². The molecule has 22 heavy (non-hydrogen) atoms. The molecule has 0 aliphatic heterocycles. The van der Waals surface area contributed by atoms with Gasteiger partial charge in [-0.1, -0.05) is 0 Å². The quantitative estimate of drug-likeness (QED) is 0.853. The number of nitrogens with zero attached hydrogens (tertiary/aromatic N) is 4. The van der Waals surface area contributed by atoms with Gasteiger partial charge in [0.05, 0.1) is 22.9 Å². The highest BCUT2D eigenvalue weighted by atomic mass is 79.9. The molecule has 0 aliphatic carbocycles. The smallest absolute Gasteiger partial charge is 0.222 e. The van der Waals surface area contributed by atoms with Crippen LogP contribution >= 0.6 is 15.9 Å². The van der Waals surface area contributed by atoms with Crippen molar-refractivity contribution < 1.29 is 4.79 Å². The highest BCUT2D eigenvalue weighted by molar-refractivity contribution is 9.10. The van der Waals surface area contributed by atoms with Gasteiger partial charge in [-0.3, -0.25) is 14.2 Å². The molecule has 2 rings (SSSR count). The molecular weight excluding hydrogens is 346 g/mol. The van der Waals surface area contributed by atoms with Gasteiger partial charge < -0.3 is 5.32 Å². The molecule has 6 nitrogen and oxygen atoms in total. The average molecular weight is 368 g/mol. The van der Waals surface area contributed by atoms with Crippen LogP contribution in [0.4, 0.5) is 0 Å². The second kappa shape index (κ2) is 7.09. The first kappa shape index (κ1) is 16.7. The molecule has 7 heteroatoms. The van der Waals surface area contributed by atoms with E-state index < -0.39 is 0 Å². The number of aromatic nitrogens is 4. The SMILES string of the molecule is CCn1ncc(C(C)NC(=O)CCn2ncc(Br)c2C)c1C. The van der Waals surface area contributed by atoms with E-state index in [1.54, 1.807) is 6.20 Å². The molecular formula is C15H22BrN5O. The first-order valence-corrected chi connectivity index (χ1v) is 8.22. The number of hydrogen-bond acceptors (Lipinski definition) is 3. The van der Waals surface area contributed by atoms with Gasteiger partial charge in [-0.05, 0) is 43.6 Å². The molecule has 0 saturated carbocycles. The second-order valence-corrected chi connectivity index (χ2v) is 6.20. The van der Waals surface area contributed by atoms with Crippen molar-refractivity contribution in [2.75, 3.05) is 0 Å². The summed E-state index contributed by atoms with van der Waals surface area (Å²) in [5.41, 5.74) is 3.19. The lowest BCUT2D eigenvalue weighted by molar-refractivity contribution is -0.122. The predicted molar refractivity (Wildman–Crippen MR) is 88.5 cm³/mol. The third-order valence-corrected chi connectivity index (χ3v) is 4.66. The van der Waals surface area contributed by atoms with E-state index in [0.29, 0.717) is 13.0 Å². The van der Waals surface area contributed by atoms with E-state index in [0.717, 1.165) is 28.0 Å². The van der Waals surface area contributed by atoms with Crippen LogP contribution in [-0.2, 0) is 17.9 Å². The zero-order valence-corrected chi connectivity index (χ0v) is 15.0. The fourth-order valence-corrected chi connectivity index (χ4v) is 2.75. The Morgan fingerprint density at radius 2 is 1.95 bits per heavy atom. The van der Waals surface area contributed by atoms with E-state index in [1.165, 1.54) is 0 Å². The van der Waals surface area contributed by atoms with E-state index in [-0.39, 0.29) is 11.9 Å². The topological polar surface area (TPSA) is 64.7 Å². The summed E-state index contributed by atoms with van der Waals surface area (Å²) in [5, 5.41) is 11.6. The van der Waals surface area contributed by atoms with Crippen molar-refractivity contribution >= 4 is 21.8 Å². The number of aryl methyl sites for hydroxylation is 2. The minimum atomic E-state index is -0.0433. The molecule has 0 spiro atoms. The molecule has 0 aromatic carbocycles. The molecule has 0 fully saturated rings. The van der Waals surface area contributed by atoms with Gasteiger partial charge in [-0.15, -0.1) is 0 Å². The summed E-state index contributed by atoms with van der Waals surface area (Å²) in [6.07, 6.45) is 3.98. The molecule has 1 unspecified atom stereocenters. The average Bonchev–Trinajstić information content (AvgIpc) is 3.01. The van der Waals surface area contributed by atoms with E-state index in [4.69, 9.17) is 0 Å². The van der Waals surface area contributed by atoms with Gasteiger partial charge in [-0.25, -0.2) is 0 Å². The fourth-order valence-electron chi connectivity index (χ4n) is 2.45. The Morgan fingerprint density at radius 3 is 2.50 bits per heavy atom. The van der Waals surface area contributed by atoms with E-state index >= 15 is 0 Å². The highest BCUT2D eigenvalue weighted by Gasteiger charge is 2.15. The zero-order chi connectivity index (χ0) is 16.3. The molecule has 1 atom stereocenters. The van der Waals surface area contributed by atoms with Gasteiger partial charge >= 0.3 is 0 Å². The number of halogens is 1. The maximum Gasteiger partial charge on any atom is 0.222 e. The summed E-state index contributed by atoms with van der Waals surface area (Å²) in [6, 6.07) is -0.0433. The summed E-state index contributed by atoms with van der Waals surface area (Å²) in [4.78, 5) is 12.1. The highest BCUT2D eigenvalue weighted by Crippen LogP contribution is 2.17. The molecule has 2 aromatic rings. The van der Waals surface area contributed by atoms with Crippen molar-refractivity contribution in [1.29, 1.82) is 0 Å². The Labute approximate surface area is 139 Å². The maximum atomic E-state index is 12.1. The third kappa shape index (κ3) is 3.58. The molecule has 0 bridgehead atoms. The molecule has 120 valence electrons. The van der Waals surface area contributed by atoms with E-state index in [2.05, 4.69) is 38.4 Å². The van der Waals surface area contributed by atoms with Crippen molar-refractivity contribution in [3.05, 3.63) is 33.8 Å². The normalized spacial score (nSPS) is 12.4. The van der Waals surface area contributed by atoms with Gasteiger partial charge in [-0.2, -0.15) is 10.2 Å². The van der Waals surface area contributed by atoms with E-state index in [9.17, 15) is 4.79 Å². The first-order valence-electron chi connectivity index (χ1n) is 7.43. The summed E-state index contributed by atoms with van der Waals surface area (Å²) < 4.78 is 4.72. The van der Waals surface area contributed by atoms with Crippen molar-refractivity contribution in [3.8, 4) is 0 Å². The lowest BCUT2D eigenvalue weighted by Gasteiger charge is -2.14. The van der Waals surface area contributed by atoms with Crippen LogP contribution in [0.25, 0.3) is 0 Å². The Balaban J connectivity index is 1.91. The van der Waals surface area contributed by atoms with Crippen LogP contribution in [-0.4, -0.2) is 25.5 Å². The fraction of sp³-hybridized carbons (Fsp3) is 0.533. The largest absolute Gasteiger partial charge is 0.349 e. The molecule has 0 aliphatic rings. The van der Waals surface area contributed by atoms with E-state index in [1.807, 2.05) is 36.3 Å². The van der Waals surface area contributed by atoms with Crippen molar-refractivity contribution in [2.45, 2.75) is 53.2 Å². The predicted octanol–water partition coefficient (Wildman–Crippen LogP) is 2.75. The van der Waals surface area contributed by atoms with Crippen LogP contribution in [0.15, 0.2) is 16.9 Å². The number of nitrogens with one attached hydrogen (secondary N) is 1. The summed E-state index contributed by atoms with van der Waals surface area (Å²) in [6.45, 7) is 9.44. The van der Waals surface area contributed by atoms with Gasteiger partial charge in [0.25, 0.3) is 0 Å². The monoisotopic (exact) mass is 367 g/mol. The minimum absolute atomic E-state index is 0.0159. The summed E-state index contributed by atoms with van der Waals surface area (Å²) >= 11 is 3.42. The minimum Gasteiger partial charge on any atom is -0.349 e. The number of hydrogen-bond donors (Lipinski definition) is 1. The molecule has 0 radical (unpaired) electrons. The number of rotatable bonds is 6. The molecule has 2 heterocycles. The molecule has 1 N–H and O–H groups in total. The van der Waals surface area contributed by atoms with Crippen molar-refractivity contribution in [2.24, 2.45) is 0 Å². The van der Waals surface area contributed by atoms with Crippen LogP contribution < -0.4 is 5.32 Å². The van der Waals surface area contributed by atoms with Crippen LogP contribution in [0.1, 0.15) is 43.3 Å². The van der Waals surface area contributed by atoms with Crippen molar-refractivity contribution in [1.82, 2.24) is 24.9 Å². The lowest BCUT2D eigenvalue weighted by atomic mass is 10.1. The van der Waals surface area contributed by atoms with Crippen molar-refractivity contribution in [3.63, 3.8) is 0 Å². The van der Waals surface area contributed by atoms with Crippen LogP contribution in [0.5, 0.6) is 0 Å². The standard InChI is InChI=1S/C15H22BrN5O/c1-5-20-11(3)13(8-17-20)10(2)19-15(22)6-7-21-12(4)14(16)9-18-21/h8-10H,5-7H2,1-4H3,(H,19,22). The van der Waals surface area contributed by atoms with Gasteiger partial charge in [0, 0.05) is 36.5 Å². The van der Waals surface area contributed by atoms with Gasteiger partial charge in [0.15, 0.2) is 0 Å². The number of amides is 1. The zero-order valence-electron chi connectivity index (χ0n) is 13.4. The Kier molecular flexibility index (Phi) is 5.39. The number of carbonyl (C=O) groups is 1. The Hall–Kier alpha value is -1.63. The molecule has 1 amide bonds. The van der Waals surface area contributed by atoms with Crippen LogP contribution in [0.3, 0.4) is 0 Å². The van der Waals surface area contributed by atoms with Crippen LogP contribution in [0, 0.1) is 13.8 Å². The van der Waals surface area contributed by atoms with Crippen LogP contribution in [0.2, 0.25) is 0 Å². The second-order valence-electron chi connectivity index (χ2n) is 5.34. The summed E-state index contributed by atoms with van der Waals surface area (Å²) in [7, 11) is 0. The number of carbonyl (C=O) groups excluding carboxylic acids is 1. The molecule has 0 saturated heterocycles. The Morgan fingerprint density at radius 1 is 1.27 bits per heavy atom. The third-order valence-electron chi connectivity index (χ3n) is 3.88. The Bertz CT molecular complexity index is 661. The van der Waals surface area contributed by atoms with Gasteiger partial charge in [0.1, 0.15) is 0 Å². The first-order chi connectivity index (χ1) is 10.4. The maximum absolute atomic E-state index is 12.1. The molecule has 2 aromatic heterocycles. The lowest BCUT2D eigenvalue weighted by Crippen LogP contribution is -2.28.